The molecule has 0 aromatic heterocycles. The molecule has 0 fully saturated rings. The summed E-state index contributed by atoms with van der Waals surface area (Å²) in [7, 11) is 2.88. The lowest BCUT2D eigenvalue weighted by Gasteiger charge is -2.11. The van der Waals surface area contributed by atoms with Gasteiger partial charge in [-0.2, -0.15) is 0 Å². The fourth-order valence-electron chi connectivity index (χ4n) is 0.741. The zero-order chi connectivity index (χ0) is 9.56. The Kier molecular flexibility index (Phi) is 5.87. The van der Waals surface area contributed by atoms with Crippen LogP contribution in [0.15, 0.2) is 0 Å². The molecule has 2 unspecified atom stereocenters. The minimum absolute atomic E-state index is 0.0700. The summed E-state index contributed by atoms with van der Waals surface area (Å²) in [6, 6.07) is -0.494. The molecular weight excluding hydrogens is 182 g/mol. The van der Waals surface area contributed by atoms with Crippen molar-refractivity contribution in [3.63, 3.8) is 0 Å². The molecule has 0 saturated heterocycles. The number of esters is 1. The highest BCUT2D eigenvalue weighted by Crippen LogP contribution is 1.95. The van der Waals surface area contributed by atoms with Crippen LogP contribution in [-0.2, 0) is 20.6 Å². The first-order chi connectivity index (χ1) is 5.61. The number of likely N-dealkylation sites (N-methyl/N-ethyl adjacent to an activating group) is 1. The van der Waals surface area contributed by atoms with Gasteiger partial charge in [-0.25, -0.2) is 4.21 Å². The Morgan fingerprint density at radius 1 is 1.75 bits per heavy atom. The zero-order valence-corrected chi connectivity index (χ0v) is 7.89. The van der Waals surface area contributed by atoms with E-state index in [-0.39, 0.29) is 5.75 Å². The lowest BCUT2D eigenvalue weighted by atomic mass is 10.2. The van der Waals surface area contributed by atoms with Crippen LogP contribution in [-0.4, -0.2) is 40.7 Å². The second-order valence-corrected chi connectivity index (χ2v) is 3.23. The quantitative estimate of drug-likeness (QED) is 0.451. The maximum atomic E-state index is 10.9. The molecule has 2 N–H and O–H groups in total. The van der Waals surface area contributed by atoms with Crippen LogP contribution in [0.3, 0.4) is 0 Å². The molecule has 0 aliphatic heterocycles. The van der Waals surface area contributed by atoms with Gasteiger partial charge in [0.2, 0.25) is 0 Å². The SMILES string of the molecule is CNC(CCS(=O)O)C(=O)OC. The van der Waals surface area contributed by atoms with Crippen LogP contribution in [0, 0.1) is 0 Å². The summed E-state index contributed by atoms with van der Waals surface area (Å²) in [5, 5.41) is 2.69. The van der Waals surface area contributed by atoms with Crippen LogP contribution < -0.4 is 5.32 Å². The van der Waals surface area contributed by atoms with Crippen LogP contribution in [0.25, 0.3) is 0 Å². The molecule has 0 radical (unpaired) electrons. The molecule has 0 saturated carbocycles. The molecule has 12 heavy (non-hydrogen) atoms. The first-order valence-corrected chi connectivity index (χ1v) is 4.72. The second kappa shape index (κ2) is 6.10. The third-order valence-corrected chi connectivity index (χ3v) is 2.00. The molecule has 0 spiro atoms. The standard InChI is InChI=1S/C6H13NO4S/c1-7-5(6(8)11-2)3-4-12(9)10/h5,7H,3-4H2,1-2H3,(H,9,10). The van der Waals surface area contributed by atoms with E-state index in [1.54, 1.807) is 7.05 Å². The Bertz CT molecular complexity index is 173. The smallest absolute Gasteiger partial charge is 0.322 e. The van der Waals surface area contributed by atoms with Gasteiger partial charge in [0.25, 0.3) is 0 Å². The minimum atomic E-state index is -1.85. The minimum Gasteiger partial charge on any atom is -0.468 e. The fraction of sp³-hybridized carbons (Fsp3) is 0.833. The van der Waals surface area contributed by atoms with Crippen LogP contribution in [0.2, 0.25) is 0 Å². The number of rotatable bonds is 5. The summed E-state index contributed by atoms with van der Waals surface area (Å²) in [5.74, 6) is -0.344. The van der Waals surface area contributed by atoms with E-state index in [0.29, 0.717) is 6.42 Å². The van der Waals surface area contributed by atoms with E-state index in [0.717, 1.165) is 0 Å². The highest BCUT2D eigenvalue weighted by atomic mass is 32.2. The molecule has 0 amide bonds. The fourth-order valence-corrected chi connectivity index (χ4v) is 1.18. The van der Waals surface area contributed by atoms with E-state index in [4.69, 9.17) is 4.55 Å². The number of hydrogen-bond donors (Lipinski definition) is 2. The average molecular weight is 195 g/mol. The third-order valence-electron chi connectivity index (χ3n) is 1.42. The van der Waals surface area contributed by atoms with Gasteiger partial charge in [0, 0.05) is 0 Å². The summed E-state index contributed by atoms with van der Waals surface area (Å²) >= 11 is -1.85. The summed E-state index contributed by atoms with van der Waals surface area (Å²) in [6.45, 7) is 0. The molecule has 5 nitrogen and oxygen atoms in total. The monoisotopic (exact) mass is 195 g/mol. The molecule has 2 atom stereocenters. The molecule has 0 aromatic carbocycles. The second-order valence-electron chi connectivity index (χ2n) is 2.18. The molecule has 0 aliphatic rings. The number of methoxy groups -OCH3 is 1. The van der Waals surface area contributed by atoms with E-state index in [1.165, 1.54) is 7.11 Å². The van der Waals surface area contributed by atoms with Crippen LogP contribution in [0.4, 0.5) is 0 Å². The normalized spacial score (nSPS) is 15.2. The molecule has 72 valence electrons. The highest BCUT2D eigenvalue weighted by Gasteiger charge is 2.16. The van der Waals surface area contributed by atoms with Gasteiger partial charge in [0.05, 0.1) is 12.9 Å². The lowest BCUT2D eigenvalue weighted by Crippen LogP contribution is -2.36. The predicted octanol–water partition coefficient (Wildman–Crippen LogP) is -0.641. The average Bonchev–Trinajstić information content (AvgIpc) is 2.04. The van der Waals surface area contributed by atoms with Crippen molar-refractivity contribution in [1.29, 1.82) is 0 Å². The topological polar surface area (TPSA) is 75.6 Å². The highest BCUT2D eigenvalue weighted by molar-refractivity contribution is 7.79. The molecular formula is C6H13NO4S. The maximum absolute atomic E-state index is 10.9. The Balaban J connectivity index is 3.83. The van der Waals surface area contributed by atoms with Crippen molar-refractivity contribution in [2.45, 2.75) is 12.5 Å². The number of carbonyl (C=O) groups is 1. The van der Waals surface area contributed by atoms with Gasteiger partial charge >= 0.3 is 5.97 Å². The van der Waals surface area contributed by atoms with E-state index in [2.05, 4.69) is 10.1 Å². The van der Waals surface area contributed by atoms with E-state index in [9.17, 15) is 9.00 Å². The van der Waals surface area contributed by atoms with Gasteiger partial charge in [-0.1, -0.05) is 0 Å². The van der Waals surface area contributed by atoms with Crippen molar-refractivity contribution in [2.75, 3.05) is 19.9 Å². The van der Waals surface area contributed by atoms with Crippen molar-refractivity contribution in [1.82, 2.24) is 5.32 Å². The Labute approximate surface area is 73.8 Å². The first kappa shape index (κ1) is 11.5. The largest absolute Gasteiger partial charge is 0.468 e. The lowest BCUT2D eigenvalue weighted by molar-refractivity contribution is -0.143. The predicted molar refractivity (Wildman–Crippen MR) is 45.1 cm³/mol. The van der Waals surface area contributed by atoms with Crippen molar-refractivity contribution in [3.8, 4) is 0 Å². The van der Waals surface area contributed by atoms with Crippen molar-refractivity contribution in [2.24, 2.45) is 0 Å². The molecule has 0 aromatic rings. The van der Waals surface area contributed by atoms with Crippen molar-refractivity contribution >= 4 is 17.0 Å². The summed E-state index contributed by atoms with van der Waals surface area (Å²) in [4.78, 5) is 10.9. The van der Waals surface area contributed by atoms with Crippen molar-refractivity contribution in [3.05, 3.63) is 0 Å². The summed E-state index contributed by atoms with van der Waals surface area (Å²) < 4.78 is 23.2. The van der Waals surface area contributed by atoms with Gasteiger partial charge in [-0.15, -0.1) is 0 Å². The van der Waals surface area contributed by atoms with Crippen molar-refractivity contribution < 1.29 is 18.3 Å². The van der Waals surface area contributed by atoms with Gasteiger partial charge in [-0.05, 0) is 13.5 Å². The zero-order valence-electron chi connectivity index (χ0n) is 7.07. The maximum Gasteiger partial charge on any atom is 0.322 e. The van der Waals surface area contributed by atoms with Gasteiger partial charge < -0.3 is 14.6 Å². The van der Waals surface area contributed by atoms with E-state index >= 15 is 0 Å². The summed E-state index contributed by atoms with van der Waals surface area (Å²) in [5.41, 5.74) is 0. The Morgan fingerprint density at radius 2 is 2.33 bits per heavy atom. The number of ether oxygens (including phenoxy) is 1. The van der Waals surface area contributed by atoms with Gasteiger partial charge in [0.1, 0.15) is 6.04 Å². The van der Waals surface area contributed by atoms with E-state index < -0.39 is 23.1 Å². The molecule has 0 bridgehead atoms. The third kappa shape index (κ3) is 4.42. The van der Waals surface area contributed by atoms with Crippen LogP contribution in [0.1, 0.15) is 6.42 Å². The molecule has 0 aliphatic carbocycles. The van der Waals surface area contributed by atoms with Crippen LogP contribution >= 0.6 is 0 Å². The van der Waals surface area contributed by atoms with Gasteiger partial charge in [0.15, 0.2) is 11.1 Å². The number of hydrogen-bond acceptors (Lipinski definition) is 4. The van der Waals surface area contributed by atoms with Gasteiger partial charge in [-0.3, -0.25) is 4.79 Å². The molecule has 6 heteroatoms. The van der Waals surface area contributed by atoms with Crippen LogP contribution in [0.5, 0.6) is 0 Å². The first-order valence-electron chi connectivity index (χ1n) is 3.44. The van der Waals surface area contributed by atoms with E-state index in [1.807, 2.05) is 0 Å². The molecule has 0 rings (SSSR count). The number of nitrogens with one attached hydrogen (secondary N) is 1. The molecule has 0 heterocycles. The summed E-state index contributed by atoms with van der Waals surface area (Å²) in [6.07, 6.45) is 0.298. The Hall–Kier alpha value is -0.460. The number of carbonyl (C=O) groups excluding carboxylic acids is 1. The Morgan fingerprint density at radius 3 is 2.67 bits per heavy atom.